The maximum Gasteiger partial charge on any atom is 0.410 e. The van der Waals surface area contributed by atoms with E-state index < -0.39 is 77.7 Å². The number of aromatic nitrogens is 3. The van der Waals surface area contributed by atoms with Crippen molar-refractivity contribution in [2.75, 3.05) is 32.5 Å². The zero-order valence-corrected chi connectivity index (χ0v) is 35.1. The third-order valence-corrected chi connectivity index (χ3v) is 12.3. The van der Waals surface area contributed by atoms with Crippen molar-refractivity contribution in [3.05, 3.63) is 30.5 Å². The number of esters is 1. The first-order valence-corrected chi connectivity index (χ1v) is 20.3. The minimum atomic E-state index is -1.41. The molecule has 2 aliphatic rings. The summed E-state index contributed by atoms with van der Waals surface area (Å²) in [6.45, 7) is 12.2. The first kappa shape index (κ1) is 46.1. The molecule has 320 valence electrons. The molecule has 0 aliphatic carbocycles. The molecular formula is C40H62BN7O10. The Hall–Kier alpha value is -4.55. The van der Waals surface area contributed by atoms with Gasteiger partial charge >= 0.3 is 24.0 Å². The van der Waals surface area contributed by atoms with E-state index in [1.165, 1.54) is 6.92 Å². The van der Waals surface area contributed by atoms with Crippen LogP contribution in [0.3, 0.4) is 0 Å². The van der Waals surface area contributed by atoms with Crippen molar-refractivity contribution >= 4 is 43.3 Å². The zero-order valence-electron chi connectivity index (χ0n) is 35.1. The second-order valence-corrected chi connectivity index (χ2v) is 16.5. The third-order valence-electron chi connectivity index (χ3n) is 12.3. The molecule has 2 fully saturated rings. The largest absolute Gasteiger partial charge is 0.481 e. The molecule has 0 spiro atoms. The molecule has 0 saturated carbocycles. The Morgan fingerprint density at radius 1 is 1.16 bits per heavy atom. The summed E-state index contributed by atoms with van der Waals surface area (Å²) in [6.07, 6.45) is 1.89. The standard InChI is InChI=1S/C40H62BN7O10/c1-8-31-40(6)35(48(38(55)58-40)17-10-9-16-47-22-30(45-46-47)26-12-11-13-27(42)18-26)28(14-15-43-29(36(52)53)19-32(49)50)44-21-23(2)20-39(5,56-7)34(41)24(3)33(51)25(4)37(54)57-31/h11-13,18,22-25,28-29,31,34-35,43-44H,8-10,14-17,19-21,41-42H2,1-7H3,(H,49,50)(H,52,53)/t23-,24+,25-,28-,29+,31-,34-,35-,39-,40-/m1/s1. The number of anilines is 1. The maximum absolute atomic E-state index is 14.0. The number of aryl methyl sites for hydroxylation is 1. The van der Waals surface area contributed by atoms with Crippen LogP contribution in [0.25, 0.3) is 11.3 Å². The fourth-order valence-electron chi connectivity index (χ4n) is 8.54. The highest BCUT2D eigenvalue weighted by Crippen LogP contribution is 2.41. The van der Waals surface area contributed by atoms with Gasteiger partial charge in [0.1, 0.15) is 37.4 Å². The fourth-order valence-corrected chi connectivity index (χ4v) is 8.54. The fraction of sp³-hybridized carbons (Fsp3) is 0.675. The van der Waals surface area contributed by atoms with Gasteiger partial charge in [0.2, 0.25) is 0 Å². The molecule has 58 heavy (non-hydrogen) atoms. The highest BCUT2D eigenvalue weighted by Gasteiger charge is 2.59. The van der Waals surface area contributed by atoms with E-state index in [4.69, 9.17) is 19.9 Å². The van der Waals surface area contributed by atoms with E-state index in [-0.39, 0.29) is 43.4 Å². The first-order valence-electron chi connectivity index (χ1n) is 20.3. The van der Waals surface area contributed by atoms with Gasteiger partial charge in [-0.3, -0.25) is 28.8 Å². The van der Waals surface area contributed by atoms with Crippen LogP contribution in [0.15, 0.2) is 30.5 Å². The summed E-state index contributed by atoms with van der Waals surface area (Å²) in [5, 5.41) is 34.2. The lowest BCUT2D eigenvalue weighted by atomic mass is 9.62. The lowest BCUT2D eigenvalue weighted by Gasteiger charge is -2.42. The van der Waals surface area contributed by atoms with Gasteiger partial charge in [0.25, 0.3) is 0 Å². The lowest BCUT2D eigenvalue weighted by Crippen LogP contribution is -2.62. The normalized spacial score (nSPS) is 30.4. The van der Waals surface area contributed by atoms with Gasteiger partial charge in [-0.15, -0.1) is 5.10 Å². The molecule has 6 N–H and O–H groups in total. The molecular weight excluding hydrogens is 749 g/mol. The second-order valence-electron chi connectivity index (χ2n) is 16.5. The Bertz CT molecular complexity index is 1760. The molecule has 0 bridgehead atoms. The second kappa shape index (κ2) is 19.9. The Morgan fingerprint density at radius 2 is 1.86 bits per heavy atom. The van der Waals surface area contributed by atoms with E-state index in [2.05, 4.69) is 27.9 Å². The number of benzene rings is 1. The molecule has 1 aromatic heterocycles. The van der Waals surface area contributed by atoms with Crippen LogP contribution in [-0.2, 0) is 39.9 Å². The minimum Gasteiger partial charge on any atom is -0.481 e. The summed E-state index contributed by atoms with van der Waals surface area (Å²) in [5.41, 5.74) is 5.95. The van der Waals surface area contributed by atoms with Crippen LogP contribution in [0.2, 0.25) is 5.82 Å². The number of carboxylic acids is 2. The molecule has 4 rings (SSSR count). The monoisotopic (exact) mass is 811 g/mol. The van der Waals surface area contributed by atoms with Gasteiger partial charge in [0.05, 0.1) is 24.3 Å². The van der Waals surface area contributed by atoms with E-state index in [1.54, 1.807) is 36.6 Å². The number of ketones is 1. The number of nitrogen functional groups attached to an aromatic ring is 1. The van der Waals surface area contributed by atoms with E-state index >= 15 is 0 Å². The Labute approximate surface area is 341 Å². The summed E-state index contributed by atoms with van der Waals surface area (Å²) in [6, 6.07) is 4.74. The summed E-state index contributed by atoms with van der Waals surface area (Å²) in [4.78, 5) is 66.7. The zero-order chi connectivity index (χ0) is 42.9. The van der Waals surface area contributed by atoms with E-state index in [1.807, 2.05) is 46.1 Å². The number of carbonyl (C=O) groups is 5. The number of unbranched alkanes of at least 4 members (excludes halogenated alkanes) is 1. The number of Topliss-reactive ketones (excluding diaryl/α,β-unsaturated/α-hetero) is 1. The summed E-state index contributed by atoms with van der Waals surface area (Å²) < 4.78 is 20.2. The molecule has 0 radical (unpaired) electrons. The first-order chi connectivity index (χ1) is 27.3. The molecule has 17 nitrogen and oxygen atoms in total. The summed E-state index contributed by atoms with van der Waals surface area (Å²) in [5.74, 6) is -5.44. The van der Waals surface area contributed by atoms with Gasteiger partial charge in [0.15, 0.2) is 5.60 Å². The highest BCUT2D eigenvalue weighted by molar-refractivity contribution is 6.15. The van der Waals surface area contributed by atoms with E-state index in [0.717, 1.165) is 5.56 Å². The minimum absolute atomic E-state index is 0.0102. The number of nitrogens with one attached hydrogen (secondary N) is 2. The van der Waals surface area contributed by atoms with Gasteiger partial charge in [-0.05, 0) is 89.8 Å². The molecule has 0 unspecified atom stereocenters. The number of fused-ring (bicyclic) bond motifs is 1. The van der Waals surface area contributed by atoms with Gasteiger partial charge in [0, 0.05) is 43.4 Å². The molecule has 1 amide bonds. The van der Waals surface area contributed by atoms with Crippen molar-refractivity contribution in [3.8, 4) is 11.3 Å². The third kappa shape index (κ3) is 10.9. The number of amides is 1. The van der Waals surface area contributed by atoms with Crippen LogP contribution in [0.4, 0.5) is 10.5 Å². The Balaban J connectivity index is 1.68. The van der Waals surface area contributed by atoms with Gasteiger partial charge in [-0.1, -0.05) is 38.1 Å². The predicted octanol–water partition coefficient (Wildman–Crippen LogP) is 2.78. The molecule has 2 aromatic rings. The van der Waals surface area contributed by atoms with Crippen molar-refractivity contribution < 1.29 is 48.4 Å². The number of methoxy groups -OCH3 is 1. The summed E-state index contributed by atoms with van der Waals surface area (Å²) in [7, 11) is 3.56. The predicted molar refractivity (Wildman–Crippen MR) is 218 cm³/mol. The quantitative estimate of drug-likeness (QED) is 0.0572. The molecule has 1 aromatic carbocycles. The average Bonchev–Trinajstić information content (AvgIpc) is 3.75. The van der Waals surface area contributed by atoms with Gasteiger partial charge < -0.3 is 40.8 Å². The number of ether oxygens (including phenoxy) is 3. The number of aliphatic carboxylic acids is 2. The molecule has 10 atom stereocenters. The van der Waals surface area contributed by atoms with Crippen LogP contribution in [0.5, 0.6) is 0 Å². The van der Waals surface area contributed by atoms with Crippen LogP contribution in [0.1, 0.15) is 80.1 Å². The number of nitrogens with zero attached hydrogens (tertiary/aromatic N) is 4. The SMILES string of the molecule is B[C@@H]1[C@@H](C)C(=O)[C@@H](C)C(=O)O[C@H](CC)[C@@]2(C)OC(=O)N(CCCCn3cc(-c4cccc(N)c4)nn3)[C@@H]2[C@@H](CCN[C@@H](CC(=O)O)C(=O)O)NC[C@H](C)C[C@@]1(C)OC. The van der Waals surface area contributed by atoms with Crippen LogP contribution >= 0.6 is 0 Å². The van der Waals surface area contributed by atoms with Crippen LogP contribution in [0, 0.1) is 17.8 Å². The van der Waals surface area contributed by atoms with Gasteiger partial charge in [-0.25, -0.2) is 4.79 Å². The number of carbonyl (C=O) groups excluding carboxylic acids is 3. The number of hydrogen-bond donors (Lipinski definition) is 5. The Kier molecular flexibility index (Phi) is 15.9. The summed E-state index contributed by atoms with van der Waals surface area (Å²) >= 11 is 0. The number of hydrogen-bond acceptors (Lipinski definition) is 13. The number of carboxylic acid groups (broad SMARTS) is 2. The molecule has 18 heteroatoms. The van der Waals surface area contributed by atoms with Crippen molar-refractivity contribution in [2.45, 2.75) is 128 Å². The van der Waals surface area contributed by atoms with Crippen molar-refractivity contribution in [2.24, 2.45) is 17.8 Å². The van der Waals surface area contributed by atoms with Crippen LogP contribution < -0.4 is 16.4 Å². The molecule has 3 heterocycles. The van der Waals surface area contributed by atoms with Crippen molar-refractivity contribution in [3.63, 3.8) is 0 Å². The van der Waals surface area contributed by atoms with Crippen molar-refractivity contribution in [1.29, 1.82) is 0 Å². The number of nitrogens with two attached hydrogens (primary N) is 1. The topological polar surface area (TPSA) is 238 Å². The number of rotatable bonds is 15. The lowest BCUT2D eigenvalue weighted by molar-refractivity contribution is -0.170. The van der Waals surface area contributed by atoms with E-state index in [0.29, 0.717) is 43.7 Å². The smallest absolute Gasteiger partial charge is 0.410 e. The molecule has 2 saturated heterocycles. The van der Waals surface area contributed by atoms with Gasteiger partial charge in [-0.2, -0.15) is 0 Å². The van der Waals surface area contributed by atoms with E-state index in [9.17, 15) is 34.2 Å². The van der Waals surface area contributed by atoms with Crippen LogP contribution in [-0.4, -0.2) is 130 Å². The number of cyclic esters (lactones) is 1. The maximum atomic E-state index is 14.0. The Morgan fingerprint density at radius 3 is 2.50 bits per heavy atom. The average molecular weight is 812 g/mol. The highest BCUT2D eigenvalue weighted by atomic mass is 16.6. The van der Waals surface area contributed by atoms with Crippen molar-refractivity contribution in [1.82, 2.24) is 30.5 Å². The molecule has 2 aliphatic heterocycles.